The average Bonchev–Trinajstić information content (AvgIpc) is 2.57. The Morgan fingerprint density at radius 3 is 1.84 bits per heavy atom. The van der Waals surface area contributed by atoms with Gasteiger partial charge in [0.2, 0.25) is 0 Å². The zero-order valence-corrected chi connectivity index (χ0v) is 15.7. The van der Waals surface area contributed by atoms with E-state index in [-0.39, 0.29) is 0 Å². The number of hydrogen-bond acceptors (Lipinski definition) is 1. The Morgan fingerprint density at radius 2 is 1.53 bits per heavy atom. The minimum atomic E-state index is -1.62. The molecule has 106 valence electrons. The molecule has 0 atom stereocenters. The third-order valence-electron chi connectivity index (χ3n) is 4.13. The van der Waals surface area contributed by atoms with Crippen molar-refractivity contribution in [3.8, 4) is 11.5 Å². The van der Waals surface area contributed by atoms with E-state index in [1.807, 2.05) is 6.92 Å². The van der Waals surface area contributed by atoms with Crippen LogP contribution in [0.5, 0.6) is 0 Å². The van der Waals surface area contributed by atoms with Crippen LogP contribution in [-0.2, 0) is 0 Å². The predicted molar refractivity (Wildman–Crippen MR) is 92.0 cm³/mol. The minimum absolute atomic E-state index is 0.677. The van der Waals surface area contributed by atoms with Crippen molar-refractivity contribution in [2.75, 3.05) is 0 Å². The minimum Gasteiger partial charge on any atom is -0.124 e. The fourth-order valence-electron chi connectivity index (χ4n) is 3.12. The molecule has 0 aliphatic rings. The first-order chi connectivity index (χ1) is 8.71. The summed E-state index contributed by atoms with van der Waals surface area (Å²) in [6.07, 6.45) is 0. The van der Waals surface area contributed by atoms with Crippen molar-refractivity contribution in [2.24, 2.45) is 0 Å². The number of aryl methyl sites for hydroxylation is 1. The molecule has 0 saturated heterocycles. The first-order valence-corrected chi connectivity index (χ1v) is 10.4. The van der Waals surface area contributed by atoms with E-state index in [0.717, 1.165) is 14.8 Å². The monoisotopic (exact) mass is 312 g/mol. The molecule has 0 fully saturated rings. The van der Waals surface area contributed by atoms with Crippen molar-refractivity contribution in [2.45, 2.75) is 65.1 Å². The van der Waals surface area contributed by atoms with Gasteiger partial charge in [0.25, 0.3) is 0 Å². The van der Waals surface area contributed by atoms with Crippen molar-refractivity contribution in [1.82, 2.24) is 0 Å². The van der Waals surface area contributed by atoms with Gasteiger partial charge in [-0.2, -0.15) is 0 Å². The SMILES string of the molecule is Cc1cc(C#C[Si](C(C)C)(C(C)C)C(C)C)sc1Cl. The Kier molecular flexibility index (Phi) is 5.74. The van der Waals surface area contributed by atoms with Gasteiger partial charge in [-0.05, 0) is 35.2 Å². The van der Waals surface area contributed by atoms with Crippen molar-refractivity contribution >= 4 is 31.0 Å². The molecule has 0 aliphatic carbocycles. The summed E-state index contributed by atoms with van der Waals surface area (Å²) < 4.78 is 0.871. The molecular formula is C16H25ClSSi. The maximum atomic E-state index is 6.13. The molecule has 0 radical (unpaired) electrons. The molecule has 0 aromatic carbocycles. The van der Waals surface area contributed by atoms with Crippen molar-refractivity contribution in [3.63, 3.8) is 0 Å². The molecular weight excluding hydrogens is 288 g/mol. The number of thiophene rings is 1. The maximum Gasteiger partial charge on any atom is 0.146 e. The maximum absolute atomic E-state index is 6.13. The normalized spacial score (nSPS) is 12.2. The molecule has 1 aromatic rings. The molecule has 3 heteroatoms. The van der Waals surface area contributed by atoms with Gasteiger partial charge in [0.15, 0.2) is 0 Å². The van der Waals surface area contributed by atoms with Crippen LogP contribution in [0.2, 0.25) is 21.0 Å². The standard InChI is InChI=1S/C16H25ClSSi/c1-11(2)19(12(3)4,13(5)6)9-8-15-10-14(7)16(17)18-15/h10-13H,1-7H3. The Morgan fingerprint density at radius 1 is 1.05 bits per heavy atom. The molecule has 0 unspecified atom stereocenters. The van der Waals surface area contributed by atoms with Gasteiger partial charge in [-0.1, -0.05) is 59.1 Å². The Bertz CT molecular complexity index is 447. The second-order valence-corrected chi connectivity index (χ2v) is 13.4. The van der Waals surface area contributed by atoms with Gasteiger partial charge in [-0.3, -0.25) is 0 Å². The summed E-state index contributed by atoms with van der Waals surface area (Å²) >= 11 is 7.73. The van der Waals surface area contributed by atoms with E-state index in [1.54, 1.807) is 11.3 Å². The van der Waals surface area contributed by atoms with Crippen LogP contribution in [0.3, 0.4) is 0 Å². The first kappa shape index (κ1) is 16.8. The van der Waals surface area contributed by atoms with E-state index in [9.17, 15) is 0 Å². The van der Waals surface area contributed by atoms with E-state index >= 15 is 0 Å². The topological polar surface area (TPSA) is 0 Å². The highest BCUT2D eigenvalue weighted by Crippen LogP contribution is 2.41. The van der Waals surface area contributed by atoms with Gasteiger partial charge in [0.05, 0.1) is 9.21 Å². The molecule has 19 heavy (non-hydrogen) atoms. The summed E-state index contributed by atoms with van der Waals surface area (Å²) in [5, 5.41) is 0. The average molecular weight is 313 g/mol. The summed E-state index contributed by atoms with van der Waals surface area (Å²) in [6, 6.07) is 2.11. The van der Waals surface area contributed by atoms with Gasteiger partial charge in [0.1, 0.15) is 8.07 Å². The third kappa shape index (κ3) is 3.45. The van der Waals surface area contributed by atoms with E-state index in [0.29, 0.717) is 16.6 Å². The van der Waals surface area contributed by atoms with Crippen molar-refractivity contribution in [1.29, 1.82) is 0 Å². The van der Waals surface area contributed by atoms with E-state index < -0.39 is 8.07 Å². The van der Waals surface area contributed by atoms with Gasteiger partial charge >= 0.3 is 0 Å². The van der Waals surface area contributed by atoms with Crippen molar-refractivity contribution < 1.29 is 0 Å². The fourth-order valence-corrected chi connectivity index (χ4v) is 9.49. The lowest BCUT2D eigenvalue weighted by Crippen LogP contribution is -2.43. The summed E-state index contributed by atoms with van der Waals surface area (Å²) in [5.41, 5.74) is 6.90. The van der Waals surface area contributed by atoms with E-state index in [2.05, 4.69) is 59.1 Å². The lowest BCUT2D eigenvalue weighted by Gasteiger charge is -2.38. The molecule has 0 saturated carbocycles. The molecule has 0 amide bonds. The molecule has 1 aromatic heterocycles. The van der Waals surface area contributed by atoms with Gasteiger partial charge in [-0.25, -0.2) is 0 Å². The van der Waals surface area contributed by atoms with Gasteiger partial charge in [-0.15, -0.1) is 16.9 Å². The molecule has 0 aliphatic heterocycles. The van der Waals surface area contributed by atoms with Crippen LogP contribution in [-0.4, -0.2) is 8.07 Å². The summed E-state index contributed by atoms with van der Waals surface area (Å²) in [5.74, 6) is 3.44. The summed E-state index contributed by atoms with van der Waals surface area (Å²) in [7, 11) is -1.62. The fraction of sp³-hybridized carbons (Fsp3) is 0.625. The van der Waals surface area contributed by atoms with Crippen LogP contribution in [0, 0.1) is 18.4 Å². The quantitative estimate of drug-likeness (QED) is 0.455. The predicted octanol–water partition coefficient (Wildman–Crippen LogP) is 6.28. The van der Waals surface area contributed by atoms with Gasteiger partial charge in [0, 0.05) is 0 Å². The third-order valence-corrected chi connectivity index (χ3v) is 11.9. The van der Waals surface area contributed by atoms with Crippen LogP contribution in [0.15, 0.2) is 6.07 Å². The Balaban J connectivity index is 3.22. The van der Waals surface area contributed by atoms with E-state index in [1.165, 1.54) is 0 Å². The largest absolute Gasteiger partial charge is 0.146 e. The molecule has 1 rings (SSSR count). The smallest absolute Gasteiger partial charge is 0.124 e. The summed E-state index contributed by atoms with van der Waals surface area (Å²) in [4.78, 5) is 1.11. The zero-order chi connectivity index (χ0) is 14.8. The second-order valence-electron chi connectivity index (χ2n) is 6.21. The molecule has 0 nitrogen and oxygen atoms in total. The highest BCUT2D eigenvalue weighted by molar-refractivity contribution is 7.17. The van der Waals surface area contributed by atoms with Crippen LogP contribution in [0.25, 0.3) is 0 Å². The Hall–Kier alpha value is -0.233. The van der Waals surface area contributed by atoms with Crippen LogP contribution < -0.4 is 0 Å². The molecule has 1 heterocycles. The van der Waals surface area contributed by atoms with Crippen LogP contribution >= 0.6 is 22.9 Å². The lowest BCUT2D eigenvalue weighted by molar-refractivity contribution is 0.838. The molecule has 0 spiro atoms. The molecule has 0 bridgehead atoms. The van der Waals surface area contributed by atoms with Crippen LogP contribution in [0.4, 0.5) is 0 Å². The number of hydrogen-bond donors (Lipinski definition) is 0. The zero-order valence-electron chi connectivity index (χ0n) is 13.1. The second kappa shape index (κ2) is 6.48. The van der Waals surface area contributed by atoms with Crippen LogP contribution in [0.1, 0.15) is 52.0 Å². The number of halogens is 1. The molecule has 0 N–H and O–H groups in total. The Labute approximate surface area is 128 Å². The van der Waals surface area contributed by atoms with E-state index in [4.69, 9.17) is 11.6 Å². The van der Waals surface area contributed by atoms with Crippen molar-refractivity contribution in [3.05, 3.63) is 20.8 Å². The number of rotatable bonds is 3. The van der Waals surface area contributed by atoms with Gasteiger partial charge < -0.3 is 0 Å². The summed E-state index contributed by atoms with van der Waals surface area (Å²) in [6.45, 7) is 16.1. The highest BCUT2D eigenvalue weighted by Gasteiger charge is 2.41. The lowest BCUT2D eigenvalue weighted by atomic mass is 10.3. The highest BCUT2D eigenvalue weighted by atomic mass is 35.5. The first-order valence-electron chi connectivity index (χ1n) is 7.00.